The average Bonchev–Trinajstić information content (AvgIpc) is 2.41. The molecular weight excluding hydrogens is 350 g/mol. The SMILES string of the molecule is CCC(C)N(CC(=O)O)C(=O)Nc1cc(Br)c(F)cc1F. The zero-order valence-electron chi connectivity index (χ0n) is 11.5. The summed E-state index contributed by atoms with van der Waals surface area (Å²) in [4.78, 5) is 23.9. The molecule has 0 spiro atoms. The molecule has 0 heterocycles. The van der Waals surface area contributed by atoms with Gasteiger partial charge in [0.05, 0.1) is 10.2 Å². The van der Waals surface area contributed by atoms with E-state index in [0.29, 0.717) is 12.5 Å². The third-order valence-corrected chi connectivity index (χ3v) is 3.55. The number of carbonyl (C=O) groups excluding carboxylic acids is 1. The molecule has 0 fully saturated rings. The van der Waals surface area contributed by atoms with E-state index in [1.807, 2.05) is 0 Å². The Bertz CT molecular complexity index is 554. The lowest BCUT2D eigenvalue weighted by Gasteiger charge is -2.27. The van der Waals surface area contributed by atoms with Gasteiger partial charge in [0.15, 0.2) is 0 Å². The summed E-state index contributed by atoms with van der Waals surface area (Å²) < 4.78 is 26.7. The minimum Gasteiger partial charge on any atom is -0.480 e. The second-order valence-electron chi connectivity index (χ2n) is 4.46. The third kappa shape index (κ3) is 4.66. The standard InChI is InChI=1S/C13H15BrF2N2O3/c1-3-7(2)18(6-12(19)20)13(21)17-11-4-8(14)9(15)5-10(11)16/h4-5,7H,3,6H2,1-2H3,(H,17,21)(H,19,20). The molecule has 1 unspecified atom stereocenters. The molecule has 2 N–H and O–H groups in total. The van der Waals surface area contributed by atoms with Crippen molar-refractivity contribution in [1.82, 2.24) is 4.90 Å². The van der Waals surface area contributed by atoms with E-state index in [-0.39, 0.29) is 16.2 Å². The van der Waals surface area contributed by atoms with E-state index in [2.05, 4.69) is 21.2 Å². The Morgan fingerprint density at radius 3 is 2.52 bits per heavy atom. The van der Waals surface area contributed by atoms with Crippen LogP contribution in [0.3, 0.4) is 0 Å². The number of rotatable bonds is 5. The van der Waals surface area contributed by atoms with E-state index < -0.39 is 30.2 Å². The maximum absolute atomic E-state index is 13.6. The molecule has 116 valence electrons. The molecule has 0 aliphatic carbocycles. The van der Waals surface area contributed by atoms with E-state index in [0.717, 1.165) is 11.0 Å². The molecule has 5 nitrogen and oxygen atoms in total. The number of nitrogens with one attached hydrogen (secondary N) is 1. The zero-order chi connectivity index (χ0) is 16.2. The van der Waals surface area contributed by atoms with Crippen molar-refractivity contribution in [2.24, 2.45) is 0 Å². The number of amides is 2. The second kappa shape index (κ2) is 7.35. The Morgan fingerprint density at radius 2 is 2.00 bits per heavy atom. The van der Waals surface area contributed by atoms with Gasteiger partial charge >= 0.3 is 12.0 Å². The number of benzene rings is 1. The number of anilines is 1. The molecule has 2 amide bonds. The van der Waals surface area contributed by atoms with Gasteiger partial charge in [0, 0.05) is 12.1 Å². The van der Waals surface area contributed by atoms with E-state index in [4.69, 9.17) is 5.11 Å². The number of hydrogen-bond acceptors (Lipinski definition) is 2. The molecule has 0 saturated carbocycles. The molecule has 0 aliphatic rings. The van der Waals surface area contributed by atoms with Crippen LogP contribution < -0.4 is 5.32 Å². The van der Waals surface area contributed by atoms with Gasteiger partial charge in [-0.3, -0.25) is 4.79 Å². The Hall–Kier alpha value is -1.70. The fraction of sp³-hybridized carbons (Fsp3) is 0.385. The number of hydrogen-bond donors (Lipinski definition) is 2. The number of carboxylic acid groups (broad SMARTS) is 1. The van der Waals surface area contributed by atoms with E-state index in [1.54, 1.807) is 13.8 Å². The Labute approximate surface area is 129 Å². The van der Waals surface area contributed by atoms with Crippen LogP contribution in [0.5, 0.6) is 0 Å². The van der Waals surface area contributed by atoms with Crippen molar-refractivity contribution in [3.63, 3.8) is 0 Å². The Balaban J connectivity index is 2.96. The number of carbonyl (C=O) groups is 2. The Kier molecular flexibility index (Phi) is 6.07. The molecule has 8 heteroatoms. The summed E-state index contributed by atoms with van der Waals surface area (Å²) in [6, 6.07) is 0.611. The zero-order valence-corrected chi connectivity index (χ0v) is 13.1. The molecule has 0 aromatic heterocycles. The molecule has 21 heavy (non-hydrogen) atoms. The van der Waals surface area contributed by atoms with E-state index in [1.165, 1.54) is 0 Å². The normalized spacial score (nSPS) is 11.9. The van der Waals surface area contributed by atoms with Crippen molar-refractivity contribution in [2.75, 3.05) is 11.9 Å². The van der Waals surface area contributed by atoms with Gasteiger partial charge < -0.3 is 15.3 Å². The number of carboxylic acids is 1. The average molecular weight is 365 g/mol. The van der Waals surface area contributed by atoms with Gasteiger partial charge in [0.2, 0.25) is 0 Å². The van der Waals surface area contributed by atoms with Crippen molar-refractivity contribution in [2.45, 2.75) is 26.3 Å². The lowest BCUT2D eigenvalue weighted by molar-refractivity contribution is -0.138. The summed E-state index contributed by atoms with van der Waals surface area (Å²) in [6.45, 7) is 2.96. The highest BCUT2D eigenvalue weighted by atomic mass is 79.9. The van der Waals surface area contributed by atoms with E-state index in [9.17, 15) is 18.4 Å². The van der Waals surface area contributed by atoms with Crippen LogP contribution in [0.1, 0.15) is 20.3 Å². The topological polar surface area (TPSA) is 69.6 Å². The maximum atomic E-state index is 13.6. The van der Waals surface area contributed by atoms with Crippen LogP contribution in [0.2, 0.25) is 0 Å². The number of urea groups is 1. The first kappa shape index (κ1) is 17.4. The summed E-state index contributed by atoms with van der Waals surface area (Å²) in [5, 5.41) is 11.1. The first-order chi connectivity index (χ1) is 9.76. The highest BCUT2D eigenvalue weighted by molar-refractivity contribution is 9.10. The Morgan fingerprint density at radius 1 is 1.38 bits per heavy atom. The lowest BCUT2D eigenvalue weighted by atomic mass is 10.2. The van der Waals surface area contributed by atoms with Gasteiger partial charge in [0.1, 0.15) is 18.2 Å². The van der Waals surface area contributed by atoms with Crippen molar-refractivity contribution >= 4 is 33.6 Å². The highest BCUT2D eigenvalue weighted by Gasteiger charge is 2.22. The fourth-order valence-corrected chi connectivity index (χ4v) is 1.94. The number of nitrogens with zero attached hydrogens (tertiary/aromatic N) is 1. The van der Waals surface area contributed by atoms with Gasteiger partial charge in [-0.2, -0.15) is 0 Å². The minimum atomic E-state index is -1.17. The molecule has 0 aliphatic heterocycles. The van der Waals surface area contributed by atoms with Crippen LogP contribution in [0.4, 0.5) is 19.3 Å². The highest BCUT2D eigenvalue weighted by Crippen LogP contribution is 2.24. The summed E-state index contributed by atoms with van der Waals surface area (Å²) in [5.41, 5.74) is -0.230. The molecule has 1 aromatic rings. The summed E-state index contributed by atoms with van der Waals surface area (Å²) in [7, 11) is 0. The predicted molar refractivity (Wildman–Crippen MR) is 77.2 cm³/mol. The molecule has 1 aromatic carbocycles. The fourth-order valence-electron chi connectivity index (χ4n) is 1.60. The monoisotopic (exact) mass is 364 g/mol. The van der Waals surface area contributed by atoms with Gasteiger partial charge in [-0.15, -0.1) is 0 Å². The molecule has 0 saturated heterocycles. The van der Waals surface area contributed by atoms with Crippen LogP contribution in [-0.4, -0.2) is 34.6 Å². The first-order valence-electron chi connectivity index (χ1n) is 6.20. The van der Waals surface area contributed by atoms with Crippen LogP contribution in [0.25, 0.3) is 0 Å². The predicted octanol–water partition coefficient (Wildman–Crippen LogP) is 3.44. The third-order valence-electron chi connectivity index (χ3n) is 2.94. The minimum absolute atomic E-state index is 0.00692. The van der Waals surface area contributed by atoms with Crippen LogP contribution >= 0.6 is 15.9 Å². The second-order valence-corrected chi connectivity index (χ2v) is 5.31. The quantitative estimate of drug-likeness (QED) is 0.786. The van der Waals surface area contributed by atoms with E-state index >= 15 is 0 Å². The number of halogens is 3. The largest absolute Gasteiger partial charge is 0.480 e. The van der Waals surface area contributed by atoms with Crippen LogP contribution in [0, 0.1) is 11.6 Å². The molecule has 1 atom stereocenters. The lowest BCUT2D eigenvalue weighted by Crippen LogP contribution is -2.44. The van der Waals surface area contributed by atoms with Gasteiger partial charge in [-0.1, -0.05) is 6.92 Å². The molecule has 1 rings (SSSR count). The van der Waals surface area contributed by atoms with Gasteiger partial charge in [-0.05, 0) is 35.3 Å². The van der Waals surface area contributed by atoms with Gasteiger partial charge in [-0.25, -0.2) is 13.6 Å². The van der Waals surface area contributed by atoms with Crippen molar-refractivity contribution in [3.8, 4) is 0 Å². The smallest absolute Gasteiger partial charge is 0.323 e. The number of aliphatic carboxylic acids is 1. The van der Waals surface area contributed by atoms with Crippen LogP contribution in [-0.2, 0) is 4.79 Å². The van der Waals surface area contributed by atoms with Crippen molar-refractivity contribution in [3.05, 3.63) is 28.2 Å². The summed E-state index contributed by atoms with van der Waals surface area (Å²) >= 11 is 2.89. The van der Waals surface area contributed by atoms with Crippen LogP contribution in [0.15, 0.2) is 16.6 Å². The molecule has 0 bridgehead atoms. The summed E-state index contributed by atoms with van der Waals surface area (Å²) in [6.07, 6.45) is 0.538. The van der Waals surface area contributed by atoms with Crippen molar-refractivity contribution < 1.29 is 23.5 Å². The molecular formula is C13H15BrF2N2O3. The molecule has 0 radical (unpaired) electrons. The van der Waals surface area contributed by atoms with Crippen molar-refractivity contribution in [1.29, 1.82) is 0 Å². The summed E-state index contributed by atoms with van der Waals surface area (Å²) in [5.74, 6) is -2.91. The maximum Gasteiger partial charge on any atom is 0.323 e. The first-order valence-corrected chi connectivity index (χ1v) is 6.99. The van der Waals surface area contributed by atoms with Gasteiger partial charge in [0.25, 0.3) is 0 Å².